The van der Waals surface area contributed by atoms with E-state index in [0.717, 1.165) is 17.1 Å². The van der Waals surface area contributed by atoms with Crippen molar-refractivity contribution in [1.29, 1.82) is 0 Å². The summed E-state index contributed by atoms with van der Waals surface area (Å²) in [4.78, 5) is 10.7. The van der Waals surface area contributed by atoms with Crippen LogP contribution < -0.4 is 15.0 Å². The Balaban J connectivity index is 2.11. The first kappa shape index (κ1) is 16.1. The van der Waals surface area contributed by atoms with E-state index in [4.69, 9.17) is 4.74 Å². The summed E-state index contributed by atoms with van der Waals surface area (Å²) in [5.74, 6) is 2.37. The third-order valence-corrected chi connectivity index (χ3v) is 3.17. The van der Waals surface area contributed by atoms with Crippen molar-refractivity contribution >= 4 is 11.8 Å². The summed E-state index contributed by atoms with van der Waals surface area (Å²) >= 11 is 0. The van der Waals surface area contributed by atoms with E-state index in [1.54, 1.807) is 6.20 Å². The van der Waals surface area contributed by atoms with Crippen molar-refractivity contribution in [2.24, 2.45) is 0 Å². The standard InChI is InChI=1S/C17H24N4O/c1-12(2)22-15-8-6-7-14(11-15)13(3)19-17-18-10-9-16(20-17)21(4)5/h6-13H,1-5H3,(H,18,19,20). The average molecular weight is 300 g/mol. The number of nitrogens with zero attached hydrogens (tertiary/aromatic N) is 3. The molecule has 1 atom stereocenters. The monoisotopic (exact) mass is 300 g/mol. The Morgan fingerprint density at radius 3 is 2.59 bits per heavy atom. The molecule has 0 saturated carbocycles. The van der Waals surface area contributed by atoms with Gasteiger partial charge in [0.25, 0.3) is 0 Å². The van der Waals surface area contributed by atoms with Crippen LogP contribution in [0.2, 0.25) is 0 Å². The predicted molar refractivity (Wildman–Crippen MR) is 90.6 cm³/mol. The summed E-state index contributed by atoms with van der Waals surface area (Å²) in [7, 11) is 3.92. The normalized spacial score (nSPS) is 12.1. The SMILES string of the molecule is CC(C)Oc1cccc(C(C)Nc2nccc(N(C)C)n2)c1. The number of aromatic nitrogens is 2. The number of ether oxygens (including phenoxy) is 1. The second-order valence-electron chi connectivity index (χ2n) is 5.74. The zero-order chi connectivity index (χ0) is 16.1. The topological polar surface area (TPSA) is 50.3 Å². The molecule has 1 unspecified atom stereocenters. The van der Waals surface area contributed by atoms with Crippen molar-refractivity contribution in [2.75, 3.05) is 24.3 Å². The number of rotatable bonds is 6. The molecule has 0 aliphatic heterocycles. The van der Waals surface area contributed by atoms with E-state index in [1.807, 2.05) is 57.1 Å². The molecule has 118 valence electrons. The Bertz CT molecular complexity index is 613. The Morgan fingerprint density at radius 2 is 1.91 bits per heavy atom. The molecular formula is C17H24N4O. The van der Waals surface area contributed by atoms with Gasteiger partial charge in [0.15, 0.2) is 0 Å². The molecule has 0 fully saturated rings. The van der Waals surface area contributed by atoms with Crippen LogP contribution in [0.25, 0.3) is 0 Å². The van der Waals surface area contributed by atoms with Gasteiger partial charge in [-0.3, -0.25) is 0 Å². The smallest absolute Gasteiger partial charge is 0.225 e. The van der Waals surface area contributed by atoms with Gasteiger partial charge in [0.2, 0.25) is 5.95 Å². The fourth-order valence-corrected chi connectivity index (χ4v) is 2.07. The molecule has 0 spiro atoms. The molecule has 0 aliphatic rings. The molecule has 1 aromatic heterocycles. The van der Waals surface area contributed by atoms with Gasteiger partial charge in [-0.25, -0.2) is 4.98 Å². The van der Waals surface area contributed by atoms with Crippen molar-refractivity contribution in [3.8, 4) is 5.75 Å². The fourth-order valence-electron chi connectivity index (χ4n) is 2.07. The number of nitrogens with one attached hydrogen (secondary N) is 1. The van der Waals surface area contributed by atoms with Crippen LogP contribution in [-0.4, -0.2) is 30.2 Å². The van der Waals surface area contributed by atoms with Gasteiger partial charge in [0.05, 0.1) is 12.1 Å². The molecule has 1 N–H and O–H groups in total. The summed E-state index contributed by atoms with van der Waals surface area (Å²) < 4.78 is 5.74. The highest BCUT2D eigenvalue weighted by Crippen LogP contribution is 2.22. The highest BCUT2D eigenvalue weighted by atomic mass is 16.5. The first-order chi connectivity index (χ1) is 10.5. The molecular weight excluding hydrogens is 276 g/mol. The lowest BCUT2D eigenvalue weighted by molar-refractivity contribution is 0.242. The van der Waals surface area contributed by atoms with E-state index < -0.39 is 0 Å². The zero-order valence-electron chi connectivity index (χ0n) is 13.9. The zero-order valence-corrected chi connectivity index (χ0v) is 13.9. The molecule has 2 rings (SSSR count). The Labute approximate surface area is 132 Å². The van der Waals surface area contributed by atoms with Crippen molar-refractivity contribution < 1.29 is 4.74 Å². The van der Waals surface area contributed by atoms with Gasteiger partial charge >= 0.3 is 0 Å². The maximum absolute atomic E-state index is 5.74. The molecule has 1 aromatic carbocycles. The molecule has 0 amide bonds. The van der Waals surface area contributed by atoms with E-state index in [-0.39, 0.29) is 12.1 Å². The summed E-state index contributed by atoms with van der Waals surface area (Å²) in [6.45, 7) is 6.13. The van der Waals surface area contributed by atoms with Gasteiger partial charge in [0.1, 0.15) is 11.6 Å². The van der Waals surface area contributed by atoms with E-state index >= 15 is 0 Å². The lowest BCUT2D eigenvalue weighted by Gasteiger charge is -2.18. The number of anilines is 2. The number of hydrogen-bond acceptors (Lipinski definition) is 5. The molecule has 0 aliphatic carbocycles. The van der Waals surface area contributed by atoms with Crippen LogP contribution in [0.4, 0.5) is 11.8 Å². The fraction of sp³-hybridized carbons (Fsp3) is 0.412. The predicted octanol–water partition coefficient (Wildman–Crippen LogP) is 3.50. The Morgan fingerprint density at radius 1 is 1.14 bits per heavy atom. The molecule has 22 heavy (non-hydrogen) atoms. The van der Waals surface area contributed by atoms with Crippen molar-refractivity contribution in [1.82, 2.24) is 9.97 Å². The van der Waals surface area contributed by atoms with E-state index in [9.17, 15) is 0 Å². The van der Waals surface area contributed by atoms with Crippen LogP contribution in [0, 0.1) is 0 Å². The molecule has 5 heteroatoms. The summed E-state index contributed by atoms with van der Waals surface area (Å²) in [5, 5.41) is 3.33. The second kappa shape index (κ2) is 7.11. The van der Waals surface area contributed by atoms with Crippen molar-refractivity contribution in [3.05, 3.63) is 42.1 Å². The van der Waals surface area contributed by atoms with E-state index in [2.05, 4.69) is 28.3 Å². The first-order valence-corrected chi connectivity index (χ1v) is 7.49. The van der Waals surface area contributed by atoms with Crippen LogP contribution in [0.5, 0.6) is 5.75 Å². The largest absolute Gasteiger partial charge is 0.491 e. The highest BCUT2D eigenvalue weighted by Gasteiger charge is 2.09. The quantitative estimate of drug-likeness (QED) is 0.885. The number of hydrogen-bond donors (Lipinski definition) is 1. The summed E-state index contributed by atoms with van der Waals surface area (Å²) in [5.41, 5.74) is 1.14. The second-order valence-corrected chi connectivity index (χ2v) is 5.74. The summed E-state index contributed by atoms with van der Waals surface area (Å²) in [6.07, 6.45) is 1.92. The molecule has 0 radical (unpaired) electrons. The van der Waals surface area contributed by atoms with Crippen LogP contribution in [-0.2, 0) is 0 Å². The minimum Gasteiger partial charge on any atom is -0.491 e. The van der Waals surface area contributed by atoms with E-state index in [0.29, 0.717) is 5.95 Å². The molecule has 5 nitrogen and oxygen atoms in total. The highest BCUT2D eigenvalue weighted by molar-refractivity contribution is 5.42. The minimum atomic E-state index is 0.0909. The number of benzene rings is 1. The maximum atomic E-state index is 5.74. The van der Waals surface area contributed by atoms with Gasteiger partial charge in [0, 0.05) is 20.3 Å². The van der Waals surface area contributed by atoms with Gasteiger partial charge in [-0.15, -0.1) is 0 Å². The van der Waals surface area contributed by atoms with Gasteiger partial charge in [-0.1, -0.05) is 12.1 Å². The van der Waals surface area contributed by atoms with Gasteiger partial charge < -0.3 is 15.0 Å². The maximum Gasteiger partial charge on any atom is 0.225 e. The Kier molecular flexibility index (Phi) is 5.20. The third-order valence-electron chi connectivity index (χ3n) is 3.17. The lowest BCUT2D eigenvalue weighted by Crippen LogP contribution is -2.14. The van der Waals surface area contributed by atoms with Crippen LogP contribution >= 0.6 is 0 Å². The third kappa shape index (κ3) is 4.35. The van der Waals surface area contributed by atoms with Crippen molar-refractivity contribution in [3.63, 3.8) is 0 Å². The molecule has 0 bridgehead atoms. The molecule has 1 heterocycles. The lowest BCUT2D eigenvalue weighted by atomic mass is 10.1. The van der Waals surface area contributed by atoms with Gasteiger partial charge in [-0.2, -0.15) is 4.98 Å². The first-order valence-electron chi connectivity index (χ1n) is 7.49. The van der Waals surface area contributed by atoms with Gasteiger partial charge in [-0.05, 0) is 44.5 Å². The minimum absolute atomic E-state index is 0.0909. The summed E-state index contributed by atoms with van der Waals surface area (Å²) in [6, 6.07) is 10.1. The molecule has 2 aromatic rings. The van der Waals surface area contributed by atoms with Crippen LogP contribution in [0.15, 0.2) is 36.5 Å². The van der Waals surface area contributed by atoms with Crippen LogP contribution in [0.3, 0.4) is 0 Å². The van der Waals surface area contributed by atoms with Crippen LogP contribution in [0.1, 0.15) is 32.4 Å². The van der Waals surface area contributed by atoms with Crippen molar-refractivity contribution in [2.45, 2.75) is 32.9 Å². The Hall–Kier alpha value is -2.30. The average Bonchev–Trinajstić information content (AvgIpc) is 2.47. The van der Waals surface area contributed by atoms with E-state index in [1.165, 1.54) is 0 Å². The molecule has 0 saturated heterocycles.